The van der Waals surface area contributed by atoms with Crippen molar-refractivity contribution >= 4 is 49.9 Å². The maximum Gasteiger partial charge on any atom is 0.245 e. The largest absolute Gasteiger partial charge is 0.494 e. The van der Waals surface area contributed by atoms with Crippen LogP contribution in [0.3, 0.4) is 0 Å². The number of amides is 1. The molecule has 0 atom stereocenters. The summed E-state index contributed by atoms with van der Waals surface area (Å²) in [5.41, 5.74) is 0.994. The Balaban J connectivity index is 2.15. The van der Waals surface area contributed by atoms with E-state index in [4.69, 9.17) is 4.74 Å². The SMILES string of the molecule is CCOc1cccc(NC(=O)CN(c2ccc(I)cc2)S(C)(=O)=O)c1. The molecule has 0 saturated heterocycles. The molecule has 0 unspecified atom stereocenters. The zero-order chi connectivity index (χ0) is 18.4. The van der Waals surface area contributed by atoms with E-state index in [1.165, 1.54) is 0 Å². The van der Waals surface area contributed by atoms with Crippen molar-refractivity contribution < 1.29 is 17.9 Å². The van der Waals surface area contributed by atoms with Crippen LogP contribution < -0.4 is 14.4 Å². The fourth-order valence-electron chi connectivity index (χ4n) is 2.17. The summed E-state index contributed by atoms with van der Waals surface area (Å²) in [5, 5.41) is 2.70. The van der Waals surface area contributed by atoms with E-state index in [0.29, 0.717) is 23.7 Å². The van der Waals surface area contributed by atoms with Gasteiger partial charge in [-0.05, 0) is 65.9 Å². The molecular weight excluding hydrogens is 455 g/mol. The summed E-state index contributed by atoms with van der Waals surface area (Å²) in [7, 11) is -3.59. The van der Waals surface area contributed by atoms with E-state index in [1.54, 1.807) is 48.5 Å². The molecule has 0 saturated carbocycles. The summed E-state index contributed by atoms with van der Waals surface area (Å²) in [6, 6.07) is 13.9. The van der Waals surface area contributed by atoms with Gasteiger partial charge in [-0.2, -0.15) is 0 Å². The Morgan fingerprint density at radius 1 is 1.20 bits per heavy atom. The molecule has 6 nitrogen and oxygen atoms in total. The standard InChI is InChI=1S/C17H19IN2O4S/c1-3-24-16-6-4-5-14(11-16)19-17(21)12-20(25(2,22)23)15-9-7-13(18)8-10-15/h4-11H,3,12H2,1-2H3,(H,19,21). The molecule has 0 aliphatic carbocycles. The average molecular weight is 474 g/mol. The number of ether oxygens (including phenoxy) is 1. The summed E-state index contributed by atoms with van der Waals surface area (Å²) in [5.74, 6) is 0.204. The lowest BCUT2D eigenvalue weighted by atomic mass is 10.3. The molecule has 0 aliphatic rings. The number of nitrogens with one attached hydrogen (secondary N) is 1. The van der Waals surface area contributed by atoms with Gasteiger partial charge in [-0.15, -0.1) is 0 Å². The maximum absolute atomic E-state index is 12.3. The Hall–Kier alpha value is -1.81. The molecule has 2 aromatic carbocycles. The highest BCUT2D eigenvalue weighted by molar-refractivity contribution is 14.1. The number of hydrogen-bond acceptors (Lipinski definition) is 4. The van der Waals surface area contributed by atoms with E-state index < -0.39 is 15.9 Å². The van der Waals surface area contributed by atoms with Crippen LogP contribution in [0.4, 0.5) is 11.4 Å². The lowest BCUT2D eigenvalue weighted by Gasteiger charge is -2.22. The Bertz CT molecular complexity index is 838. The van der Waals surface area contributed by atoms with E-state index in [0.717, 1.165) is 14.1 Å². The van der Waals surface area contributed by atoms with Gasteiger partial charge in [0.05, 0.1) is 18.6 Å². The Morgan fingerprint density at radius 2 is 1.88 bits per heavy atom. The van der Waals surface area contributed by atoms with Gasteiger partial charge < -0.3 is 10.1 Å². The van der Waals surface area contributed by atoms with Crippen molar-refractivity contribution in [1.29, 1.82) is 0 Å². The van der Waals surface area contributed by atoms with Crippen molar-refractivity contribution in [2.45, 2.75) is 6.92 Å². The van der Waals surface area contributed by atoms with Crippen LogP contribution in [0, 0.1) is 3.57 Å². The van der Waals surface area contributed by atoms with Crippen LogP contribution >= 0.6 is 22.6 Å². The van der Waals surface area contributed by atoms with E-state index >= 15 is 0 Å². The summed E-state index contributed by atoms with van der Waals surface area (Å²) in [4.78, 5) is 12.3. The van der Waals surface area contributed by atoms with Crippen LogP contribution in [0.5, 0.6) is 5.75 Å². The summed E-state index contributed by atoms with van der Waals surface area (Å²) >= 11 is 2.13. The minimum atomic E-state index is -3.59. The highest BCUT2D eigenvalue weighted by atomic mass is 127. The van der Waals surface area contributed by atoms with E-state index in [-0.39, 0.29) is 6.54 Å². The molecule has 134 valence electrons. The molecular formula is C17H19IN2O4S. The lowest BCUT2D eigenvalue weighted by Crippen LogP contribution is -2.37. The fraction of sp³-hybridized carbons (Fsp3) is 0.235. The first-order chi connectivity index (χ1) is 11.8. The predicted octanol–water partition coefficient (Wildman–Crippen LogP) is 3.09. The van der Waals surface area contributed by atoms with Gasteiger partial charge in [0.15, 0.2) is 0 Å². The Morgan fingerprint density at radius 3 is 2.48 bits per heavy atom. The molecule has 8 heteroatoms. The number of benzene rings is 2. The summed E-state index contributed by atoms with van der Waals surface area (Å²) in [6.07, 6.45) is 1.08. The topological polar surface area (TPSA) is 75.7 Å². The van der Waals surface area contributed by atoms with Crippen molar-refractivity contribution in [2.75, 3.05) is 29.0 Å². The van der Waals surface area contributed by atoms with Gasteiger partial charge in [0.2, 0.25) is 15.9 Å². The molecule has 1 amide bonds. The molecule has 0 fully saturated rings. The number of carbonyl (C=O) groups excluding carboxylic acids is 1. The number of sulfonamides is 1. The quantitative estimate of drug-likeness (QED) is 0.626. The first kappa shape index (κ1) is 19.5. The molecule has 0 aliphatic heterocycles. The summed E-state index contributed by atoms with van der Waals surface area (Å²) in [6.45, 7) is 2.08. The monoisotopic (exact) mass is 474 g/mol. The van der Waals surface area contributed by atoms with Crippen LogP contribution in [0.1, 0.15) is 6.92 Å². The number of anilines is 2. The van der Waals surface area contributed by atoms with Gasteiger partial charge in [0.1, 0.15) is 12.3 Å². The van der Waals surface area contributed by atoms with Crippen molar-refractivity contribution in [3.63, 3.8) is 0 Å². The van der Waals surface area contributed by atoms with E-state index in [2.05, 4.69) is 27.9 Å². The molecule has 25 heavy (non-hydrogen) atoms. The van der Waals surface area contributed by atoms with E-state index in [9.17, 15) is 13.2 Å². The van der Waals surface area contributed by atoms with Crippen LogP contribution in [-0.4, -0.2) is 33.7 Å². The van der Waals surface area contributed by atoms with Crippen molar-refractivity contribution in [2.24, 2.45) is 0 Å². The van der Waals surface area contributed by atoms with Crippen LogP contribution in [0.2, 0.25) is 0 Å². The van der Waals surface area contributed by atoms with Crippen LogP contribution in [-0.2, 0) is 14.8 Å². The smallest absolute Gasteiger partial charge is 0.245 e. The average Bonchev–Trinajstić information content (AvgIpc) is 2.53. The molecule has 0 bridgehead atoms. The number of rotatable bonds is 7. The van der Waals surface area contributed by atoms with Gasteiger partial charge in [0.25, 0.3) is 0 Å². The highest BCUT2D eigenvalue weighted by Gasteiger charge is 2.20. The maximum atomic E-state index is 12.3. The lowest BCUT2D eigenvalue weighted by molar-refractivity contribution is -0.114. The normalized spacial score (nSPS) is 11.0. The Kier molecular flexibility index (Phi) is 6.65. The van der Waals surface area contributed by atoms with Gasteiger partial charge in [0, 0.05) is 15.3 Å². The third-order valence-electron chi connectivity index (χ3n) is 3.23. The van der Waals surface area contributed by atoms with Gasteiger partial charge >= 0.3 is 0 Å². The number of halogens is 1. The molecule has 0 spiro atoms. The van der Waals surface area contributed by atoms with E-state index in [1.807, 2.05) is 6.92 Å². The molecule has 0 radical (unpaired) electrons. The first-order valence-corrected chi connectivity index (χ1v) is 10.5. The number of nitrogens with zero attached hydrogens (tertiary/aromatic N) is 1. The van der Waals surface area contributed by atoms with Gasteiger partial charge in [-0.1, -0.05) is 6.07 Å². The second kappa shape index (κ2) is 8.52. The third-order valence-corrected chi connectivity index (χ3v) is 5.09. The number of carbonyl (C=O) groups is 1. The molecule has 0 aromatic heterocycles. The third kappa shape index (κ3) is 5.89. The van der Waals surface area contributed by atoms with Crippen LogP contribution in [0.15, 0.2) is 48.5 Å². The van der Waals surface area contributed by atoms with Crippen molar-refractivity contribution in [3.8, 4) is 5.75 Å². The minimum absolute atomic E-state index is 0.307. The minimum Gasteiger partial charge on any atom is -0.494 e. The van der Waals surface area contributed by atoms with Crippen molar-refractivity contribution in [1.82, 2.24) is 0 Å². The zero-order valence-corrected chi connectivity index (χ0v) is 16.9. The number of hydrogen-bond donors (Lipinski definition) is 1. The summed E-state index contributed by atoms with van der Waals surface area (Å²) < 4.78 is 31.6. The van der Waals surface area contributed by atoms with Gasteiger partial charge in [-0.25, -0.2) is 8.42 Å². The van der Waals surface area contributed by atoms with Crippen molar-refractivity contribution in [3.05, 3.63) is 52.1 Å². The Labute approximate surface area is 161 Å². The van der Waals surface area contributed by atoms with Gasteiger partial charge in [-0.3, -0.25) is 9.10 Å². The molecule has 0 heterocycles. The zero-order valence-electron chi connectivity index (χ0n) is 13.9. The molecule has 1 N–H and O–H groups in total. The predicted molar refractivity (Wildman–Crippen MR) is 108 cm³/mol. The molecule has 2 rings (SSSR count). The fourth-order valence-corrected chi connectivity index (χ4v) is 3.38. The second-order valence-corrected chi connectivity index (χ2v) is 8.41. The van der Waals surface area contributed by atoms with Crippen LogP contribution in [0.25, 0.3) is 0 Å². The highest BCUT2D eigenvalue weighted by Crippen LogP contribution is 2.20. The first-order valence-electron chi connectivity index (χ1n) is 7.55. The second-order valence-electron chi connectivity index (χ2n) is 5.26. The molecule has 2 aromatic rings.